The van der Waals surface area contributed by atoms with Gasteiger partial charge >= 0.3 is 0 Å². The molecular weight excluding hydrogens is 509 g/mol. The Bertz CT molecular complexity index is 1080. The second-order valence-corrected chi connectivity index (χ2v) is 7.62. The molecule has 3 rings (SSSR count). The van der Waals surface area contributed by atoms with Crippen LogP contribution in [0.15, 0.2) is 36.7 Å². The molecule has 0 bridgehead atoms. The topological polar surface area (TPSA) is 65.9 Å². The summed E-state index contributed by atoms with van der Waals surface area (Å²) in [5.74, 6) is 4.64. The maximum absolute atomic E-state index is 6.03. The quantitative estimate of drug-likeness (QED) is 0.222. The van der Waals surface area contributed by atoms with Crippen LogP contribution in [0, 0.1) is 15.9 Å². The Morgan fingerprint density at radius 3 is 2.48 bits per heavy atom. The van der Waals surface area contributed by atoms with Crippen molar-refractivity contribution in [2.75, 3.05) is 52.6 Å². The van der Waals surface area contributed by atoms with Crippen LogP contribution in [-0.4, -0.2) is 57.7 Å². The number of aromatic nitrogens is 2. The summed E-state index contributed by atoms with van der Waals surface area (Å²) in [6.45, 7) is 1.72. The standard InChI is InChI=1S/C23H24IN3O4/c1-5-16-7-6-8-17(13-16)27(2)23-20-18(25-15-26-23)14-19(30-11-9-28-3)22(21(20)24)31-12-10-29-4/h1,6-8,13-15H,9-12H2,2-4H3. The van der Waals surface area contributed by atoms with Crippen molar-refractivity contribution in [3.63, 3.8) is 0 Å². The van der Waals surface area contributed by atoms with Crippen molar-refractivity contribution in [2.24, 2.45) is 0 Å². The number of hydrogen-bond donors (Lipinski definition) is 0. The fourth-order valence-electron chi connectivity index (χ4n) is 3.01. The lowest BCUT2D eigenvalue weighted by Crippen LogP contribution is -2.14. The van der Waals surface area contributed by atoms with Crippen LogP contribution in [0.1, 0.15) is 5.56 Å². The van der Waals surface area contributed by atoms with E-state index < -0.39 is 0 Å². The number of benzene rings is 2. The molecule has 0 radical (unpaired) electrons. The van der Waals surface area contributed by atoms with E-state index in [1.807, 2.05) is 42.3 Å². The highest BCUT2D eigenvalue weighted by molar-refractivity contribution is 14.1. The Kier molecular flexibility index (Phi) is 8.28. The van der Waals surface area contributed by atoms with Crippen molar-refractivity contribution in [2.45, 2.75) is 0 Å². The number of methoxy groups -OCH3 is 2. The van der Waals surface area contributed by atoms with Gasteiger partial charge in [0.25, 0.3) is 0 Å². The van der Waals surface area contributed by atoms with Crippen molar-refractivity contribution >= 4 is 45.0 Å². The van der Waals surface area contributed by atoms with E-state index in [1.165, 1.54) is 0 Å². The van der Waals surface area contributed by atoms with E-state index in [1.54, 1.807) is 20.5 Å². The van der Waals surface area contributed by atoms with Gasteiger partial charge in [-0.15, -0.1) is 6.42 Å². The fraction of sp³-hybridized carbons (Fsp3) is 0.304. The summed E-state index contributed by atoms with van der Waals surface area (Å²) < 4.78 is 23.0. The molecule has 0 saturated carbocycles. The molecule has 7 nitrogen and oxygen atoms in total. The van der Waals surface area contributed by atoms with Crippen LogP contribution in [0.5, 0.6) is 11.5 Å². The molecule has 31 heavy (non-hydrogen) atoms. The first kappa shape index (κ1) is 23.1. The molecule has 2 aromatic carbocycles. The highest BCUT2D eigenvalue weighted by Crippen LogP contribution is 2.42. The van der Waals surface area contributed by atoms with Crippen molar-refractivity contribution in [3.05, 3.63) is 45.8 Å². The third kappa shape index (κ3) is 5.36. The van der Waals surface area contributed by atoms with Crippen LogP contribution < -0.4 is 14.4 Å². The largest absolute Gasteiger partial charge is 0.487 e. The van der Waals surface area contributed by atoms with Gasteiger partial charge in [0, 0.05) is 38.6 Å². The van der Waals surface area contributed by atoms with Crippen molar-refractivity contribution in [1.82, 2.24) is 9.97 Å². The van der Waals surface area contributed by atoms with E-state index in [0.717, 1.165) is 31.5 Å². The van der Waals surface area contributed by atoms with Crippen LogP contribution in [0.25, 0.3) is 10.9 Å². The lowest BCUT2D eigenvalue weighted by Gasteiger charge is -2.22. The second-order valence-electron chi connectivity index (χ2n) is 6.55. The number of nitrogens with zero attached hydrogens (tertiary/aromatic N) is 3. The van der Waals surface area contributed by atoms with Crippen molar-refractivity contribution < 1.29 is 18.9 Å². The third-order valence-electron chi connectivity index (χ3n) is 4.56. The smallest absolute Gasteiger partial charge is 0.175 e. The van der Waals surface area contributed by atoms with Crippen LogP contribution in [0.4, 0.5) is 11.5 Å². The van der Waals surface area contributed by atoms with Crippen LogP contribution in [0.3, 0.4) is 0 Å². The molecule has 0 amide bonds. The summed E-state index contributed by atoms with van der Waals surface area (Å²) >= 11 is 2.25. The van der Waals surface area contributed by atoms with E-state index in [4.69, 9.17) is 25.4 Å². The number of fused-ring (bicyclic) bond motifs is 1. The normalized spacial score (nSPS) is 10.7. The number of halogens is 1. The molecule has 1 heterocycles. The lowest BCUT2D eigenvalue weighted by molar-refractivity contribution is 0.132. The van der Waals surface area contributed by atoms with E-state index in [2.05, 4.69) is 38.5 Å². The van der Waals surface area contributed by atoms with E-state index >= 15 is 0 Å². The molecule has 1 aromatic heterocycles. The average Bonchev–Trinajstić information content (AvgIpc) is 2.80. The minimum absolute atomic E-state index is 0.391. The molecular formula is C23H24IN3O4. The molecule has 8 heteroatoms. The van der Waals surface area contributed by atoms with Gasteiger partial charge in [-0.3, -0.25) is 0 Å². The Morgan fingerprint density at radius 1 is 1.03 bits per heavy atom. The highest BCUT2D eigenvalue weighted by atomic mass is 127. The highest BCUT2D eigenvalue weighted by Gasteiger charge is 2.21. The first-order chi connectivity index (χ1) is 15.1. The average molecular weight is 533 g/mol. The number of terminal acetylenes is 1. The number of hydrogen-bond acceptors (Lipinski definition) is 7. The Morgan fingerprint density at radius 2 is 1.77 bits per heavy atom. The molecule has 0 aliphatic rings. The van der Waals surface area contributed by atoms with Gasteiger partial charge < -0.3 is 23.8 Å². The maximum atomic E-state index is 6.03. The Labute approximate surface area is 195 Å². The van der Waals surface area contributed by atoms with E-state index in [0.29, 0.717) is 37.9 Å². The molecule has 0 fully saturated rings. The van der Waals surface area contributed by atoms with Gasteiger partial charge in [0.2, 0.25) is 0 Å². The van der Waals surface area contributed by atoms with Gasteiger partial charge in [-0.05, 0) is 40.8 Å². The predicted octanol–water partition coefficient (Wildman–Crippen LogP) is 4.03. The summed E-state index contributed by atoms with van der Waals surface area (Å²) in [7, 11) is 5.21. The van der Waals surface area contributed by atoms with E-state index in [9.17, 15) is 0 Å². The maximum Gasteiger partial charge on any atom is 0.175 e. The zero-order valence-corrected chi connectivity index (χ0v) is 19.9. The molecule has 0 unspecified atom stereocenters. The Balaban J connectivity index is 2.10. The molecule has 0 aliphatic heterocycles. The molecule has 0 spiro atoms. The molecule has 0 aliphatic carbocycles. The van der Waals surface area contributed by atoms with Gasteiger partial charge in [0.1, 0.15) is 25.4 Å². The SMILES string of the molecule is C#Cc1cccc(N(C)c2ncnc3cc(OCCOC)c(OCCOC)c(I)c23)c1. The van der Waals surface area contributed by atoms with Crippen LogP contribution >= 0.6 is 22.6 Å². The summed E-state index contributed by atoms with van der Waals surface area (Å²) in [5, 5.41) is 0.864. The van der Waals surface area contributed by atoms with Crippen molar-refractivity contribution in [1.29, 1.82) is 0 Å². The molecule has 3 aromatic rings. The zero-order valence-electron chi connectivity index (χ0n) is 17.7. The number of ether oxygens (including phenoxy) is 4. The number of rotatable bonds is 10. The van der Waals surface area contributed by atoms with Gasteiger partial charge in [0.15, 0.2) is 11.5 Å². The van der Waals surface area contributed by atoms with E-state index in [-0.39, 0.29) is 0 Å². The lowest BCUT2D eigenvalue weighted by atomic mass is 10.1. The fourth-order valence-corrected chi connectivity index (χ4v) is 3.94. The first-order valence-corrected chi connectivity index (χ1v) is 10.7. The summed E-state index contributed by atoms with van der Waals surface area (Å²) in [6, 6.07) is 9.62. The van der Waals surface area contributed by atoms with Crippen LogP contribution in [-0.2, 0) is 9.47 Å². The van der Waals surface area contributed by atoms with Gasteiger partial charge in [-0.25, -0.2) is 9.97 Å². The van der Waals surface area contributed by atoms with Gasteiger partial charge in [0.05, 0.1) is 27.7 Å². The molecule has 0 saturated heterocycles. The van der Waals surface area contributed by atoms with Gasteiger partial charge in [-0.1, -0.05) is 12.0 Å². The van der Waals surface area contributed by atoms with Crippen LogP contribution in [0.2, 0.25) is 0 Å². The second kappa shape index (κ2) is 11.1. The summed E-state index contributed by atoms with van der Waals surface area (Å²) in [5.41, 5.74) is 2.48. The first-order valence-electron chi connectivity index (χ1n) is 9.61. The Hall–Kier alpha value is -2.61. The molecule has 0 atom stereocenters. The molecule has 162 valence electrons. The summed E-state index contributed by atoms with van der Waals surface area (Å²) in [4.78, 5) is 11.0. The number of anilines is 2. The third-order valence-corrected chi connectivity index (χ3v) is 5.59. The predicted molar refractivity (Wildman–Crippen MR) is 129 cm³/mol. The minimum atomic E-state index is 0.391. The molecule has 0 N–H and O–H groups in total. The van der Waals surface area contributed by atoms with Gasteiger partial charge in [-0.2, -0.15) is 0 Å². The monoisotopic (exact) mass is 533 g/mol. The zero-order chi connectivity index (χ0) is 22.2. The minimum Gasteiger partial charge on any atom is -0.487 e. The van der Waals surface area contributed by atoms with Crippen molar-refractivity contribution in [3.8, 4) is 23.8 Å². The summed E-state index contributed by atoms with van der Waals surface area (Å²) in [6.07, 6.45) is 7.11.